The Morgan fingerprint density at radius 2 is 1.92 bits per heavy atom. The third-order valence-corrected chi connectivity index (χ3v) is 2.15. The average Bonchev–Trinajstić information content (AvgIpc) is 1.82. The molecule has 0 radical (unpaired) electrons. The maximum atomic E-state index is 12.5. The average molecular weight is 217 g/mol. The van der Waals surface area contributed by atoms with Crippen molar-refractivity contribution in [2.24, 2.45) is 0 Å². The van der Waals surface area contributed by atoms with Crippen LogP contribution in [0.3, 0.4) is 0 Å². The highest BCUT2D eigenvalue weighted by Crippen LogP contribution is 2.26. The van der Waals surface area contributed by atoms with Gasteiger partial charge in [0.15, 0.2) is 16.2 Å². The second kappa shape index (κ2) is 3.54. The second-order valence-electron chi connectivity index (χ2n) is 2.27. The van der Waals surface area contributed by atoms with E-state index in [9.17, 15) is 26.5 Å². The molecule has 0 heterocycles. The largest absolute Gasteiger partial charge is 0.743 e. The third kappa shape index (κ3) is 2.88. The molecule has 0 aromatic heterocycles. The van der Waals surface area contributed by atoms with Gasteiger partial charge in [0, 0.05) is 6.92 Å². The Morgan fingerprint density at radius 3 is 2.15 bits per heavy atom. The summed E-state index contributed by atoms with van der Waals surface area (Å²) in [6, 6.07) is 0. The van der Waals surface area contributed by atoms with Crippen LogP contribution in [-0.2, 0) is 19.6 Å². The first-order chi connectivity index (χ1) is 5.59. The van der Waals surface area contributed by atoms with Gasteiger partial charge in [-0.25, -0.2) is 8.42 Å². The number of ether oxygens (including phenoxy) is 1. The van der Waals surface area contributed by atoms with E-state index in [0.717, 1.165) is 6.92 Å². The van der Waals surface area contributed by atoms with Crippen molar-refractivity contribution in [1.82, 2.24) is 0 Å². The van der Waals surface area contributed by atoms with Crippen molar-refractivity contribution in [2.75, 3.05) is 0 Å². The maximum Gasteiger partial charge on any atom is 0.369 e. The summed E-state index contributed by atoms with van der Waals surface area (Å²) in [5, 5.41) is -4.60. The van der Waals surface area contributed by atoms with Gasteiger partial charge in [-0.3, -0.25) is 4.79 Å². The minimum absolute atomic E-state index is 0.622. The zero-order valence-electron chi connectivity index (χ0n) is 6.78. The Labute approximate surface area is 73.4 Å². The molecule has 0 aromatic rings. The number of hydrogen-bond donors (Lipinski definition) is 0. The maximum absolute atomic E-state index is 12.5. The van der Waals surface area contributed by atoms with Gasteiger partial charge in [0.1, 0.15) is 0 Å². The van der Waals surface area contributed by atoms with Crippen LogP contribution < -0.4 is 0 Å². The van der Waals surface area contributed by atoms with E-state index >= 15 is 0 Å². The zero-order chi connectivity index (χ0) is 10.9. The molecular formula is C5H7F2O5S-. The topological polar surface area (TPSA) is 83.5 Å². The van der Waals surface area contributed by atoms with Crippen LogP contribution in [0, 0.1) is 0 Å². The minimum atomic E-state index is -5.81. The molecule has 0 bridgehead atoms. The van der Waals surface area contributed by atoms with Crippen LogP contribution in [-0.4, -0.2) is 30.3 Å². The summed E-state index contributed by atoms with van der Waals surface area (Å²) < 4.78 is 58.8. The fraction of sp³-hybridized carbons (Fsp3) is 0.800. The second-order valence-corrected chi connectivity index (χ2v) is 3.72. The smallest absolute Gasteiger partial charge is 0.369 e. The molecule has 0 rings (SSSR count). The van der Waals surface area contributed by atoms with Gasteiger partial charge in [0.2, 0.25) is 0 Å². The number of hydrogen-bond acceptors (Lipinski definition) is 5. The molecule has 78 valence electrons. The van der Waals surface area contributed by atoms with Gasteiger partial charge in [0.25, 0.3) is 0 Å². The summed E-state index contributed by atoms with van der Waals surface area (Å²) in [5.41, 5.74) is 0. The number of esters is 1. The summed E-state index contributed by atoms with van der Waals surface area (Å²) in [5.74, 6) is -1.09. The lowest BCUT2D eigenvalue weighted by atomic mass is 10.4. The first-order valence-corrected chi connectivity index (χ1v) is 4.50. The monoisotopic (exact) mass is 217 g/mol. The Balaban J connectivity index is 4.75. The molecule has 5 nitrogen and oxygen atoms in total. The Kier molecular flexibility index (Phi) is 3.34. The first-order valence-electron chi connectivity index (χ1n) is 3.09. The van der Waals surface area contributed by atoms with E-state index in [2.05, 4.69) is 4.74 Å². The number of rotatable bonds is 3. The molecular weight excluding hydrogens is 210 g/mol. The summed E-state index contributed by atoms with van der Waals surface area (Å²) in [6.45, 7) is 1.45. The lowest BCUT2D eigenvalue weighted by Gasteiger charge is -2.25. The van der Waals surface area contributed by atoms with Gasteiger partial charge in [-0.15, -0.1) is 0 Å². The van der Waals surface area contributed by atoms with Crippen LogP contribution in [0.2, 0.25) is 0 Å². The molecule has 0 aliphatic carbocycles. The SMILES string of the molecule is CC(=O)OC(C)C(F)(F)S(=O)(=O)[O-]. The van der Waals surface area contributed by atoms with Crippen molar-refractivity contribution in [3.63, 3.8) is 0 Å². The van der Waals surface area contributed by atoms with Crippen molar-refractivity contribution in [1.29, 1.82) is 0 Å². The van der Waals surface area contributed by atoms with Gasteiger partial charge in [-0.1, -0.05) is 0 Å². The van der Waals surface area contributed by atoms with Crippen LogP contribution in [0.25, 0.3) is 0 Å². The molecule has 0 aromatic carbocycles. The molecule has 8 heteroatoms. The standard InChI is InChI=1S/C5H8F2O5S/c1-3(12-4(2)8)5(6,7)13(9,10)11/h3H,1-2H3,(H,9,10,11)/p-1. The molecule has 0 fully saturated rings. The minimum Gasteiger partial charge on any atom is -0.743 e. The predicted octanol–water partition coefficient (Wildman–Crippen LogP) is 0.0760. The summed E-state index contributed by atoms with van der Waals surface area (Å²) in [6.07, 6.45) is -2.28. The van der Waals surface area contributed by atoms with Gasteiger partial charge in [-0.05, 0) is 6.92 Å². The molecule has 0 saturated carbocycles. The molecule has 0 saturated heterocycles. The van der Waals surface area contributed by atoms with E-state index in [1.807, 2.05) is 0 Å². The van der Waals surface area contributed by atoms with E-state index in [1.165, 1.54) is 0 Å². The number of alkyl halides is 2. The van der Waals surface area contributed by atoms with Crippen molar-refractivity contribution in [3.05, 3.63) is 0 Å². The molecule has 0 amide bonds. The van der Waals surface area contributed by atoms with E-state index < -0.39 is 27.4 Å². The highest BCUT2D eigenvalue weighted by atomic mass is 32.2. The summed E-state index contributed by atoms with van der Waals surface area (Å²) in [7, 11) is -5.81. The van der Waals surface area contributed by atoms with E-state index in [-0.39, 0.29) is 0 Å². The van der Waals surface area contributed by atoms with Crippen LogP contribution >= 0.6 is 0 Å². The molecule has 1 atom stereocenters. The lowest BCUT2D eigenvalue weighted by Crippen LogP contribution is -2.41. The van der Waals surface area contributed by atoms with Crippen molar-refractivity contribution in [3.8, 4) is 0 Å². The molecule has 0 N–H and O–H groups in total. The summed E-state index contributed by atoms with van der Waals surface area (Å²) in [4.78, 5) is 10.2. The number of carbonyl (C=O) groups is 1. The fourth-order valence-corrected chi connectivity index (χ4v) is 0.975. The van der Waals surface area contributed by atoms with Crippen LogP contribution in [0.5, 0.6) is 0 Å². The van der Waals surface area contributed by atoms with E-state index in [4.69, 9.17) is 0 Å². The fourth-order valence-electron chi connectivity index (χ4n) is 0.521. The Bertz CT molecular complexity index is 296. The molecule has 13 heavy (non-hydrogen) atoms. The van der Waals surface area contributed by atoms with Gasteiger partial charge >= 0.3 is 11.2 Å². The Hall–Kier alpha value is -0.760. The van der Waals surface area contributed by atoms with E-state index in [1.54, 1.807) is 0 Å². The van der Waals surface area contributed by atoms with E-state index in [0.29, 0.717) is 6.92 Å². The van der Waals surface area contributed by atoms with Crippen molar-refractivity contribution in [2.45, 2.75) is 25.2 Å². The van der Waals surface area contributed by atoms with Crippen LogP contribution in [0.4, 0.5) is 8.78 Å². The first kappa shape index (κ1) is 12.2. The highest BCUT2D eigenvalue weighted by molar-refractivity contribution is 7.86. The third-order valence-electron chi connectivity index (χ3n) is 1.15. The molecule has 0 aliphatic rings. The molecule has 0 aliphatic heterocycles. The van der Waals surface area contributed by atoms with Crippen LogP contribution in [0.15, 0.2) is 0 Å². The molecule has 1 unspecified atom stereocenters. The predicted molar refractivity (Wildman–Crippen MR) is 35.9 cm³/mol. The van der Waals surface area contributed by atoms with Gasteiger partial charge < -0.3 is 9.29 Å². The molecule has 0 spiro atoms. The van der Waals surface area contributed by atoms with Gasteiger partial charge in [0.05, 0.1) is 0 Å². The lowest BCUT2D eigenvalue weighted by molar-refractivity contribution is -0.156. The number of halogens is 2. The quantitative estimate of drug-likeness (QED) is 0.493. The van der Waals surface area contributed by atoms with Crippen molar-refractivity contribution >= 4 is 16.1 Å². The van der Waals surface area contributed by atoms with Gasteiger partial charge in [-0.2, -0.15) is 8.78 Å². The zero-order valence-corrected chi connectivity index (χ0v) is 7.60. The number of carbonyl (C=O) groups excluding carboxylic acids is 1. The highest BCUT2D eigenvalue weighted by Gasteiger charge is 2.46. The summed E-state index contributed by atoms with van der Waals surface area (Å²) >= 11 is 0. The Morgan fingerprint density at radius 1 is 1.54 bits per heavy atom. The van der Waals surface area contributed by atoms with Crippen molar-refractivity contribution < 1.29 is 31.3 Å². The van der Waals surface area contributed by atoms with Crippen LogP contribution in [0.1, 0.15) is 13.8 Å². The normalized spacial score (nSPS) is 15.2.